The minimum Gasteiger partial charge on any atom is -0.346 e. The van der Waals surface area contributed by atoms with E-state index in [2.05, 4.69) is 5.32 Å². The van der Waals surface area contributed by atoms with E-state index < -0.39 is 27.9 Å². The molecule has 1 amide bonds. The maximum atomic E-state index is 13.2. The lowest BCUT2D eigenvalue weighted by Crippen LogP contribution is -2.47. The summed E-state index contributed by atoms with van der Waals surface area (Å²) in [5.74, 6) is -1.23. The second kappa shape index (κ2) is 5.97. The predicted octanol–water partition coefficient (Wildman–Crippen LogP) is 2.87. The fraction of sp³-hybridized carbons (Fsp3) is 0.417. The van der Waals surface area contributed by atoms with Crippen molar-refractivity contribution in [3.05, 3.63) is 39.7 Å². The number of alkyl halides is 1. The molecule has 0 aliphatic heterocycles. The van der Waals surface area contributed by atoms with Crippen molar-refractivity contribution in [3.8, 4) is 0 Å². The van der Waals surface area contributed by atoms with Crippen molar-refractivity contribution in [2.75, 3.05) is 5.88 Å². The lowest BCUT2D eigenvalue weighted by Gasteiger charge is -2.27. The molecule has 0 aromatic heterocycles. The van der Waals surface area contributed by atoms with E-state index in [-0.39, 0.29) is 11.4 Å². The van der Waals surface area contributed by atoms with Crippen LogP contribution in [-0.2, 0) is 0 Å². The van der Waals surface area contributed by atoms with Crippen molar-refractivity contribution >= 4 is 23.2 Å². The Morgan fingerprint density at radius 1 is 1.53 bits per heavy atom. The SMILES string of the molecule is CCC(C)(CCl)NC(=O)c1cc(F)cc([N+](=O)[O-])c1. The topological polar surface area (TPSA) is 72.2 Å². The van der Waals surface area contributed by atoms with Crippen LogP contribution in [0.15, 0.2) is 18.2 Å². The Labute approximate surface area is 114 Å². The Bertz CT molecular complexity index is 504. The van der Waals surface area contributed by atoms with Gasteiger partial charge in [-0.25, -0.2) is 4.39 Å². The first-order valence-electron chi connectivity index (χ1n) is 5.65. The molecule has 0 spiro atoms. The van der Waals surface area contributed by atoms with E-state index >= 15 is 0 Å². The van der Waals surface area contributed by atoms with E-state index in [0.29, 0.717) is 6.42 Å². The molecule has 0 bridgehead atoms. The molecular formula is C12H14ClFN2O3. The number of rotatable bonds is 5. The molecule has 0 heterocycles. The summed E-state index contributed by atoms with van der Waals surface area (Å²) in [6.45, 7) is 3.59. The fourth-order valence-corrected chi connectivity index (χ4v) is 1.63. The van der Waals surface area contributed by atoms with Crippen LogP contribution in [0.1, 0.15) is 30.6 Å². The van der Waals surface area contributed by atoms with Gasteiger partial charge in [-0.05, 0) is 19.4 Å². The molecule has 5 nitrogen and oxygen atoms in total. The summed E-state index contributed by atoms with van der Waals surface area (Å²) in [7, 11) is 0. The van der Waals surface area contributed by atoms with E-state index in [9.17, 15) is 19.3 Å². The van der Waals surface area contributed by atoms with E-state index in [1.165, 1.54) is 0 Å². The number of non-ortho nitro benzene ring substituents is 1. The van der Waals surface area contributed by atoms with Gasteiger partial charge in [-0.15, -0.1) is 11.6 Å². The van der Waals surface area contributed by atoms with Crippen LogP contribution in [0.5, 0.6) is 0 Å². The molecule has 1 N–H and O–H groups in total. The molecule has 104 valence electrons. The molecule has 0 saturated carbocycles. The quantitative estimate of drug-likeness (QED) is 0.514. The summed E-state index contributed by atoms with van der Waals surface area (Å²) >= 11 is 5.76. The molecular weight excluding hydrogens is 275 g/mol. The lowest BCUT2D eigenvalue weighted by atomic mass is 10.0. The van der Waals surface area contributed by atoms with Gasteiger partial charge in [-0.3, -0.25) is 14.9 Å². The molecule has 1 aromatic carbocycles. The van der Waals surface area contributed by atoms with Crippen molar-refractivity contribution in [3.63, 3.8) is 0 Å². The minimum atomic E-state index is -0.830. The van der Waals surface area contributed by atoms with Crippen molar-refractivity contribution in [2.45, 2.75) is 25.8 Å². The summed E-state index contributed by atoms with van der Waals surface area (Å²) in [5, 5.41) is 13.3. The van der Waals surface area contributed by atoms with Crippen LogP contribution in [0, 0.1) is 15.9 Å². The molecule has 0 aliphatic rings. The highest BCUT2D eigenvalue weighted by Crippen LogP contribution is 2.18. The Balaban J connectivity index is 3.03. The van der Waals surface area contributed by atoms with E-state index in [1.54, 1.807) is 6.92 Å². The fourth-order valence-electron chi connectivity index (χ4n) is 1.37. The average molecular weight is 289 g/mol. The maximum absolute atomic E-state index is 13.2. The van der Waals surface area contributed by atoms with Crippen LogP contribution in [0.2, 0.25) is 0 Å². The third kappa shape index (κ3) is 3.89. The number of hydrogen-bond acceptors (Lipinski definition) is 3. The maximum Gasteiger partial charge on any atom is 0.273 e. The van der Waals surface area contributed by atoms with Crippen LogP contribution in [0.25, 0.3) is 0 Å². The van der Waals surface area contributed by atoms with E-state index in [0.717, 1.165) is 18.2 Å². The monoisotopic (exact) mass is 288 g/mol. The zero-order valence-electron chi connectivity index (χ0n) is 10.6. The molecule has 1 aromatic rings. The summed E-state index contributed by atoms with van der Waals surface area (Å²) in [4.78, 5) is 21.8. The molecule has 1 rings (SSSR count). The molecule has 0 fully saturated rings. The number of nitro benzene ring substituents is 1. The molecule has 0 saturated heterocycles. The van der Waals surface area contributed by atoms with Gasteiger partial charge in [0, 0.05) is 17.5 Å². The number of halogens is 2. The number of nitrogens with zero attached hydrogens (tertiary/aromatic N) is 1. The smallest absolute Gasteiger partial charge is 0.273 e. The number of nitrogens with one attached hydrogen (secondary N) is 1. The second-order valence-electron chi connectivity index (χ2n) is 4.46. The van der Waals surface area contributed by atoms with Gasteiger partial charge in [0.1, 0.15) is 5.82 Å². The van der Waals surface area contributed by atoms with Crippen LogP contribution >= 0.6 is 11.6 Å². The average Bonchev–Trinajstić information content (AvgIpc) is 2.37. The molecule has 0 radical (unpaired) electrons. The number of carbonyl (C=O) groups is 1. The van der Waals surface area contributed by atoms with Crippen LogP contribution < -0.4 is 5.32 Å². The summed E-state index contributed by atoms with van der Waals surface area (Å²) in [5.41, 5.74) is -1.20. The normalized spacial score (nSPS) is 13.7. The van der Waals surface area contributed by atoms with Gasteiger partial charge in [0.15, 0.2) is 0 Å². The number of carbonyl (C=O) groups excluding carboxylic acids is 1. The van der Waals surface area contributed by atoms with Gasteiger partial charge < -0.3 is 5.32 Å². The first-order chi connectivity index (χ1) is 8.81. The minimum absolute atomic E-state index is 0.100. The number of hydrogen-bond donors (Lipinski definition) is 1. The highest BCUT2D eigenvalue weighted by molar-refractivity contribution is 6.18. The zero-order valence-corrected chi connectivity index (χ0v) is 11.3. The highest BCUT2D eigenvalue weighted by Gasteiger charge is 2.25. The second-order valence-corrected chi connectivity index (χ2v) is 4.72. The van der Waals surface area contributed by atoms with E-state index in [1.807, 2.05) is 6.92 Å². The van der Waals surface area contributed by atoms with Gasteiger partial charge in [-0.2, -0.15) is 0 Å². The Morgan fingerprint density at radius 3 is 2.63 bits per heavy atom. The zero-order chi connectivity index (χ0) is 14.6. The summed E-state index contributed by atoms with van der Waals surface area (Å²) in [6, 6.07) is 2.74. The molecule has 1 atom stereocenters. The first kappa shape index (κ1) is 15.4. The van der Waals surface area contributed by atoms with Gasteiger partial charge in [0.25, 0.3) is 11.6 Å². The third-order valence-electron chi connectivity index (χ3n) is 2.85. The van der Waals surface area contributed by atoms with Gasteiger partial charge in [0.2, 0.25) is 0 Å². The number of benzene rings is 1. The molecule has 0 aliphatic carbocycles. The van der Waals surface area contributed by atoms with Gasteiger partial charge in [-0.1, -0.05) is 6.92 Å². The van der Waals surface area contributed by atoms with Gasteiger partial charge in [0.05, 0.1) is 16.5 Å². The molecule has 1 unspecified atom stereocenters. The van der Waals surface area contributed by atoms with Crippen molar-refractivity contribution in [1.29, 1.82) is 0 Å². The number of amides is 1. The van der Waals surface area contributed by atoms with Crippen LogP contribution in [0.4, 0.5) is 10.1 Å². The Kier molecular flexibility index (Phi) is 4.83. The number of nitro groups is 1. The lowest BCUT2D eigenvalue weighted by molar-refractivity contribution is -0.385. The van der Waals surface area contributed by atoms with Gasteiger partial charge >= 0.3 is 0 Å². The predicted molar refractivity (Wildman–Crippen MR) is 69.9 cm³/mol. The summed E-state index contributed by atoms with van der Waals surface area (Å²) in [6.07, 6.45) is 0.583. The van der Waals surface area contributed by atoms with E-state index in [4.69, 9.17) is 11.6 Å². The van der Waals surface area contributed by atoms with Crippen molar-refractivity contribution in [2.24, 2.45) is 0 Å². The van der Waals surface area contributed by atoms with Crippen LogP contribution in [0.3, 0.4) is 0 Å². The molecule has 19 heavy (non-hydrogen) atoms. The Hall–Kier alpha value is -1.69. The highest BCUT2D eigenvalue weighted by atomic mass is 35.5. The standard InChI is InChI=1S/C12H14ClFN2O3/c1-3-12(2,7-13)15-11(17)8-4-9(14)6-10(5-8)16(18)19/h4-6H,3,7H2,1-2H3,(H,15,17). The van der Waals surface area contributed by atoms with Crippen molar-refractivity contribution < 1.29 is 14.1 Å². The first-order valence-corrected chi connectivity index (χ1v) is 6.18. The Morgan fingerprint density at radius 2 is 2.16 bits per heavy atom. The molecule has 7 heteroatoms. The summed E-state index contributed by atoms with van der Waals surface area (Å²) < 4.78 is 13.2. The van der Waals surface area contributed by atoms with Crippen LogP contribution in [-0.4, -0.2) is 22.2 Å². The van der Waals surface area contributed by atoms with Crippen molar-refractivity contribution in [1.82, 2.24) is 5.32 Å². The largest absolute Gasteiger partial charge is 0.346 e. The third-order valence-corrected chi connectivity index (χ3v) is 3.44.